The predicted octanol–water partition coefficient (Wildman–Crippen LogP) is 3.83. The molecule has 0 unspecified atom stereocenters. The molecular formula is C28H33N3O6S. The molecule has 1 fully saturated rings. The average Bonchev–Trinajstić information content (AvgIpc) is 3.75. The summed E-state index contributed by atoms with van der Waals surface area (Å²) < 4.78 is 37.9. The molecule has 0 saturated heterocycles. The standard InChI is InChI=1S/C28H33N3O6S/c1-4-16-31(17-18-32)38(34,35)22-11-8-20(9-12-22)23-6-5-7-26(29-23)30-27(33)28(14-15-28)21-10-13-24(36-2)25(19-21)37-3/h5-13,19,32H,4,14-18H2,1-3H3,(H,29,30,33). The molecule has 1 aromatic heterocycles. The van der Waals surface area contributed by atoms with Crippen molar-refractivity contribution in [1.29, 1.82) is 0 Å². The fourth-order valence-corrected chi connectivity index (χ4v) is 5.99. The van der Waals surface area contributed by atoms with E-state index in [2.05, 4.69) is 10.3 Å². The Morgan fingerprint density at radius 2 is 1.74 bits per heavy atom. The predicted molar refractivity (Wildman–Crippen MR) is 145 cm³/mol. The van der Waals surface area contributed by atoms with Gasteiger partial charge in [0.15, 0.2) is 11.5 Å². The van der Waals surface area contributed by atoms with Crippen LogP contribution in [0.1, 0.15) is 31.7 Å². The number of aliphatic hydroxyl groups excluding tert-OH is 1. The van der Waals surface area contributed by atoms with Crippen LogP contribution in [0.3, 0.4) is 0 Å². The number of nitrogens with one attached hydrogen (secondary N) is 1. The number of carbonyl (C=O) groups excluding carboxylic acids is 1. The van der Waals surface area contributed by atoms with Crippen molar-refractivity contribution in [3.8, 4) is 22.8 Å². The lowest BCUT2D eigenvalue weighted by molar-refractivity contribution is -0.118. The van der Waals surface area contributed by atoms with Crippen molar-refractivity contribution in [2.45, 2.75) is 36.5 Å². The van der Waals surface area contributed by atoms with E-state index in [0.717, 1.165) is 18.4 Å². The number of aromatic nitrogens is 1. The quantitative estimate of drug-likeness (QED) is 0.359. The Hall–Kier alpha value is -3.47. The minimum absolute atomic E-state index is 0.0476. The van der Waals surface area contributed by atoms with E-state index in [1.165, 1.54) is 16.4 Å². The van der Waals surface area contributed by atoms with Crippen molar-refractivity contribution >= 4 is 21.7 Å². The number of pyridine rings is 1. The van der Waals surface area contributed by atoms with Crippen molar-refractivity contribution < 1.29 is 27.8 Å². The Morgan fingerprint density at radius 1 is 1.03 bits per heavy atom. The highest BCUT2D eigenvalue weighted by Gasteiger charge is 2.51. The Labute approximate surface area is 223 Å². The molecule has 1 aliphatic carbocycles. The summed E-state index contributed by atoms with van der Waals surface area (Å²) in [6.07, 6.45) is 2.08. The molecule has 2 N–H and O–H groups in total. The van der Waals surface area contributed by atoms with Crippen LogP contribution < -0.4 is 14.8 Å². The molecule has 202 valence electrons. The van der Waals surface area contributed by atoms with E-state index in [0.29, 0.717) is 41.5 Å². The van der Waals surface area contributed by atoms with Crippen LogP contribution in [-0.2, 0) is 20.2 Å². The zero-order valence-corrected chi connectivity index (χ0v) is 22.6. The van der Waals surface area contributed by atoms with Gasteiger partial charge in [0.1, 0.15) is 5.82 Å². The first-order valence-corrected chi connectivity index (χ1v) is 14.0. The van der Waals surface area contributed by atoms with E-state index < -0.39 is 15.4 Å². The van der Waals surface area contributed by atoms with E-state index >= 15 is 0 Å². The summed E-state index contributed by atoms with van der Waals surface area (Å²) in [5, 5.41) is 12.2. The summed E-state index contributed by atoms with van der Waals surface area (Å²) >= 11 is 0. The normalized spacial score (nSPS) is 14.2. The lowest BCUT2D eigenvalue weighted by atomic mass is 9.94. The molecule has 3 aromatic rings. The molecule has 10 heteroatoms. The third-order valence-corrected chi connectivity index (χ3v) is 8.63. The first-order chi connectivity index (χ1) is 18.3. The van der Waals surface area contributed by atoms with Crippen LogP contribution in [-0.4, -0.2) is 62.6 Å². The van der Waals surface area contributed by atoms with Crippen molar-refractivity contribution in [2.24, 2.45) is 0 Å². The first kappa shape index (κ1) is 27.6. The zero-order chi connectivity index (χ0) is 27.3. The summed E-state index contributed by atoms with van der Waals surface area (Å²) in [5.41, 5.74) is 1.53. The largest absolute Gasteiger partial charge is 0.493 e. The van der Waals surface area contributed by atoms with E-state index in [1.807, 2.05) is 19.1 Å². The fraction of sp³-hybridized carbons (Fsp3) is 0.357. The molecule has 1 heterocycles. The van der Waals surface area contributed by atoms with Crippen LogP contribution in [0, 0.1) is 0 Å². The number of methoxy groups -OCH3 is 2. The van der Waals surface area contributed by atoms with Crippen LogP contribution in [0.4, 0.5) is 5.82 Å². The molecule has 0 aliphatic heterocycles. The number of hydrogen-bond acceptors (Lipinski definition) is 7. The topological polar surface area (TPSA) is 118 Å². The van der Waals surface area contributed by atoms with Gasteiger partial charge < -0.3 is 19.9 Å². The van der Waals surface area contributed by atoms with Gasteiger partial charge in [-0.15, -0.1) is 0 Å². The highest BCUT2D eigenvalue weighted by molar-refractivity contribution is 7.89. The van der Waals surface area contributed by atoms with E-state index in [4.69, 9.17) is 9.47 Å². The fourth-order valence-electron chi connectivity index (χ4n) is 4.47. The van der Waals surface area contributed by atoms with Crippen LogP contribution in [0.15, 0.2) is 65.6 Å². The van der Waals surface area contributed by atoms with Gasteiger partial charge in [0.2, 0.25) is 15.9 Å². The number of carbonyl (C=O) groups is 1. The summed E-state index contributed by atoms with van der Waals surface area (Å²) in [7, 11) is -0.580. The molecule has 1 aliphatic rings. The van der Waals surface area contributed by atoms with Crippen LogP contribution >= 0.6 is 0 Å². The second-order valence-corrected chi connectivity index (χ2v) is 11.1. The van der Waals surface area contributed by atoms with Crippen molar-refractivity contribution in [3.63, 3.8) is 0 Å². The smallest absolute Gasteiger partial charge is 0.243 e. The minimum Gasteiger partial charge on any atom is -0.493 e. The number of anilines is 1. The van der Waals surface area contributed by atoms with Crippen LogP contribution in [0.25, 0.3) is 11.3 Å². The maximum atomic E-state index is 13.3. The lowest BCUT2D eigenvalue weighted by Gasteiger charge is -2.20. The van der Waals surface area contributed by atoms with Gasteiger partial charge >= 0.3 is 0 Å². The second-order valence-electron chi connectivity index (χ2n) is 9.17. The number of sulfonamides is 1. The molecule has 0 radical (unpaired) electrons. The molecule has 4 rings (SSSR count). The van der Waals surface area contributed by atoms with Gasteiger partial charge in [-0.05, 0) is 61.2 Å². The highest BCUT2D eigenvalue weighted by atomic mass is 32.2. The van der Waals surface area contributed by atoms with Crippen molar-refractivity contribution in [3.05, 3.63) is 66.2 Å². The third-order valence-electron chi connectivity index (χ3n) is 6.72. The Morgan fingerprint density at radius 3 is 2.34 bits per heavy atom. The molecule has 1 saturated carbocycles. The van der Waals surface area contributed by atoms with Crippen molar-refractivity contribution in [1.82, 2.24) is 9.29 Å². The van der Waals surface area contributed by atoms with E-state index in [1.54, 1.807) is 50.6 Å². The van der Waals surface area contributed by atoms with Gasteiger partial charge in [0, 0.05) is 18.7 Å². The van der Waals surface area contributed by atoms with Gasteiger partial charge in [-0.3, -0.25) is 4.79 Å². The van der Waals surface area contributed by atoms with Gasteiger partial charge in [-0.25, -0.2) is 13.4 Å². The van der Waals surface area contributed by atoms with Crippen molar-refractivity contribution in [2.75, 3.05) is 39.2 Å². The van der Waals surface area contributed by atoms with Gasteiger partial charge in [0.05, 0.1) is 36.8 Å². The molecule has 9 nitrogen and oxygen atoms in total. The number of rotatable bonds is 12. The molecule has 0 spiro atoms. The van der Waals surface area contributed by atoms with Gasteiger partial charge in [-0.1, -0.05) is 31.2 Å². The Balaban J connectivity index is 1.52. The maximum Gasteiger partial charge on any atom is 0.243 e. The zero-order valence-electron chi connectivity index (χ0n) is 21.8. The molecule has 0 bridgehead atoms. The molecule has 1 amide bonds. The van der Waals surface area contributed by atoms with E-state index in [9.17, 15) is 18.3 Å². The minimum atomic E-state index is -3.71. The second kappa shape index (κ2) is 11.5. The Bertz CT molecular complexity index is 1380. The Kier molecular flexibility index (Phi) is 8.35. The monoisotopic (exact) mass is 539 g/mol. The average molecular weight is 540 g/mol. The molecule has 2 aromatic carbocycles. The van der Waals surface area contributed by atoms with Crippen LogP contribution in [0.5, 0.6) is 11.5 Å². The third kappa shape index (κ3) is 5.52. The number of amides is 1. The number of ether oxygens (including phenoxy) is 2. The highest BCUT2D eigenvalue weighted by Crippen LogP contribution is 2.50. The number of aliphatic hydroxyl groups is 1. The summed E-state index contributed by atoms with van der Waals surface area (Å²) in [4.78, 5) is 18.1. The van der Waals surface area contributed by atoms with Gasteiger partial charge in [0.25, 0.3) is 0 Å². The maximum absolute atomic E-state index is 13.3. The number of hydrogen-bond donors (Lipinski definition) is 2. The summed E-state index contributed by atoms with van der Waals surface area (Å²) in [6.45, 7) is 2.02. The number of benzene rings is 2. The lowest BCUT2D eigenvalue weighted by Crippen LogP contribution is -2.34. The summed E-state index contributed by atoms with van der Waals surface area (Å²) in [5.74, 6) is 1.44. The SMILES string of the molecule is CCCN(CCO)S(=O)(=O)c1ccc(-c2cccc(NC(=O)C3(c4ccc(OC)c(OC)c4)CC3)n2)cc1. The summed E-state index contributed by atoms with van der Waals surface area (Å²) in [6, 6.07) is 17.3. The van der Waals surface area contributed by atoms with Gasteiger partial charge in [-0.2, -0.15) is 4.31 Å². The molecule has 38 heavy (non-hydrogen) atoms. The molecular weight excluding hydrogens is 506 g/mol. The van der Waals surface area contributed by atoms with E-state index in [-0.39, 0.29) is 24.0 Å². The number of nitrogens with zero attached hydrogens (tertiary/aromatic N) is 2. The first-order valence-electron chi connectivity index (χ1n) is 12.5. The van der Waals surface area contributed by atoms with Crippen LogP contribution in [0.2, 0.25) is 0 Å². The molecule has 0 atom stereocenters.